The number of nitrogens with one attached hydrogen (secondary N) is 1. The molecule has 2 aromatic heterocycles. The van der Waals surface area contributed by atoms with Crippen LogP contribution in [-0.4, -0.2) is 20.4 Å². The maximum atomic E-state index is 13.6. The molecule has 11 heteroatoms. The largest absolute Gasteiger partial charge is 0.388 e. The Hall–Kier alpha value is -4.18. The fourth-order valence-corrected chi connectivity index (χ4v) is 5.29. The second-order valence-corrected chi connectivity index (χ2v) is 10.8. The number of fused-ring (bicyclic) bond motifs is 4. The number of hydrogen-bond donors (Lipinski definition) is 3. The van der Waals surface area contributed by atoms with Gasteiger partial charge in [-0.3, -0.25) is 24.1 Å². The van der Waals surface area contributed by atoms with E-state index in [2.05, 4.69) is 15.3 Å². The fourth-order valence-electron chi connectivity index (χ4n) is 5.01. The van der Waals surface area contributed by atoms with Gasteiger partial charge in [-0.25, -0.2) is 10.8 Å². The number of carbonyl (C=O) groups is 1. The van der Waals surface area contributed by atoms with E-state index in [1.54, 1.807) is 29.0 Å². The molecule has 210 valence electrons. The average molecular weight is 591 g/mol. The number of amides is 1. The molecule has 0 aliphatic carbocycles. The predicted octanol–water partition coefficient (Wildman–Crippen LogP) is 5.65. The minimum atomic E-state index is -0.394. The standard InChI is InChI=1S/C30H29Cl2N7O2/c1-18-5-4-8-27(25-13-19(11-12-35-25)21-6-2-3-7-23(21)37-30(18)41)38-17-36-24(15-29(38)40)22-14-20(31)9-10-26(22)39(34)16-28(32)33/h2-3,6-7,9-18,27H,4-5,8,33-34H2,1H3,(H,37,41)/b28-16-. The molecule has 0 radical (unpaired) electrons. The zero-order valence-electron chi connectivity index (χ0n) is 22.3. The van der Waals surface area contributed by atoms with Crippen LogP contribution in [0.4, 0.5) is 11.4 Å². The van der Waals surface area contributed by atoms with Crippen molar-refractivity contribution in [3.63, 3.8) is 0 Å². The predicted molar refractivity (Wildman–Crippen MR) is 163 cm³/mol. The number of benzene rings is 2. The first-order valence-corrected chi connectivity index (χ1v) is 13.9. The number of hydrazine groups is 1. The molecule has 0 saturated carbocycles. The maximum absolute atomic E-state index is 13.6. The molecule has 9 nitrogen and oxygen atoms in total. The van der Waals surface area contributed by atoms with Crippen molar-refractivity contribution >= 4 is 40.5 Å². The lowest BCUT2D eigenvalue weighted by molar-refractivity contribution is -0.119. The Morgan fingerprint density at radius 1 is 1.07 bits per heavy atom. The van der Waals surface area contributed by atoms with Crippen molar-refractivity contribution in [1.82, 2.24) is 14.5 Å². The Morgan fingerprint density at radius 2 is 1.88 bits per heavy atom. The van der Waals surface area contributed by atoms with E-state index in [0.717, 1.165) is 22.5 Å². The summed E-state index contributed by atoms with van der Waals surface area (Å²) in [5.74, 6) is 5.90. The Bertz CT molecular complexity index is 1680. The molecule has 4 aromatic rings. The fraction of sp³-hybridized carbons (Fsp3) is 0.200. The third kappa shape index (κ3) is 6.27. The van der Waals surface area contributed by atoms with Crippen LogP contribution in [0.1, 0.15) is 37.9 Å². The van der Waals surface area contributed by atoms with E-state index in [-0.39, 0.29) is 22.5 Å². The van der Waals surface area contributed by atoms with E-state index in [4.69, 9.17) is 34.8 Å². The summed E-state index contributed by atoms with van der Waals surface area (Å²) in [5, 5.41) is 4.76. The van der Waals surface area contributed by atoms with Gasteiger partial charge in [-0.1, -0.05) is 54.7 Å². The molecule has 2 bridgehead atoms. The van der Waals surface area contributed by atoms with Crippen LogP contribution in [-0.2, 0) is 4.79 Å². The number of carbonyl (C=O) groups excluding carboxylic acids is 1. The van der Waals surface area contributed by atoms with Crippen molar-refractivity contribution in [2.45, 2.75) is 32.2 Å². The molecule has 1 amide bonds. The number of anilines is 2. The summed E-state index contributed by atoms with van der Waals surface area (Å²) in [4.78, 5) is 35.8. The van der Waals surface area contributed by atoms with Gasteiger partial charge in [0.05, 0.1) is 35.6 Å². The monoisotopic (exact) mass is 589 g/mol. The Labute approximate surface area is 247 Å². The summed E-state index contributed by atoms with van der Waals surface area (Å²) in [6.07, 6.45) is 6.53. The van der Waals surface area contributed by atoms with E-state index in [1.165, 1.54) is 23.6 Å². The lowest BCUT2D eigenvalue weighted by atomic mass is 9.95. The van der Waals surface area contributed by atoms with Gasteiger partial charge in [-0.2, -0.15) is 0 Å². The molecule has 5 N–H and O–H groups in total. The number of nitrogens with zero attached hydrogens (tertiary/aromatic N) is 4. The SMILES string of the molecule is CC1CCCC(n2cnc(-c3cc(Cl)ccc3N(N)/C=C(\N)Cl)cc2=O)c2cc(ccn2)-c2ccccc2NC1=O. The van der Waals surface area contributed by atoms with Crippen LogP contribution in [0.5, 0.6) is 0 Å². The maximum Gasteiger partial charge on any atom is 0.254 e. The van der Waals surface area contributed by atoms with Crippen LogP contribution in [0.3, 0.4) is 0 Å². The van der Waals surface area contributed by atoms with Crippen molar-refractivity contribution < 1.29 is 4.79 Å². The molecule has 2 aromatic carbocycles. The van der Waals surface area contributed by atoms with Crippen molar-refractivity contribution in [3.8, 4) is 22.4 Å². The molecule has 2 unspecified atom stereocenters. The van der Waals surface area contributed by atoms with Crippen molar-refractivity contribution in [3.05, 3.63) is 106 Å². The number of hydrogen-bond acceptors (Lipinski definition) is 7. The highest BCUT2D eigenvalue weighted by molar-refractivity contribution is 6.31. The summed E-state index contributed by atoms with van der Waals surface area (Å²) in [7, 11) is 0. The molecule has 0 fully saturated rings. The quantitative estimate of drug-likeness (QED) is 0.159. The first-order chi connectivity index (χ1) is 19.7. The van der Waals surface area contributed by atoms with Crippen LogP contribution in [0, 0.1) is 5.92 Å². The lowest BCUT2D eigenvalue weighted by Crippen LogP contribution is -2.28. The van der Waals surface area contributed by atoms with E-state index in [1.807, 2.05) is 43.3 Å². The van der Waals surface area contributed by atoms with Gasteiger partial charge < -0.3 is 11.1 Å². The molecule has 41 heavy (non-hydrogen) atoms. The van der Waals surface area contributed by atoms with E-state index in [9.17, 15) is 9.59 Å². The first-order valence-electron chi connectivity index (χ1n) is 13.1. The number of para-hydroxylation sites is 1. The van der Waals surface area contributed by atoms with Crippen LogP contribution < -0.4 is 27.5 Å². The average Bonchev–Trinajstić information content (AvgIpc) is 2.95. The van der Waals surface area contributed by atoms with Gasteiger partial charge in [-0.15, -0.1) is 0 Å². The molecule has 2 atom stereocenters. The topological polar surface area (TPSA) is 132 Å². The highest BCUT2D eigenvalue weighted by Gasteiger charge is 2.23. The van der Waals surface area contributed by atoms with Crippen molar-refractivity contribution in [2.75, 3.05) is 10.3 Å². The normalized spacial score (nSPS) is 17.6. The Balaban J connectivity index is 1.59. The third-order valence-corrected chi connectivity index (χ3v) is 7.46. The molecule has 0 spiro atoms. The van der Waals surface area contributed by atoms with Gasteiger partial charge in [0.15, 0.2) is 0 Å². The molecule has 0 saturated heterocycles. The first kappa shape index (κ1) is 28.4. The zero-order valence-corrected chi connectivity index (χ0v) is 23.8. The summed E-state index contributed by atoms with van der Waals surface area (Å²) >= 11 is 12.1. The molecule has 1 aliphatic rings. The lowest BCUT2D eigenvalue weighted by Gasteiger charge is -2.23. The van der Waals surface area contributed by atoms with Gasteiger partial charge in [-0.05, 0) is 54.8 Å². The Kier molecular flexibility index (Phi) is 8.39. The number of nitrogens with two attached hydrogens (primary N) is 2. The van der Waals surface area contributed by atoms with Gasteiger partial charge in [0.2, 0.25) is 5.91 Å². The highest BCUT2D eigenvalue weighted by Crippen LogP contribution is 2.34. The number of aromatic nitrogens is 3. The number of rotatable bonds is 4. The van der Waals surface area contributed by atoms with E-state index < -0.39 is 6.04 Å². The summed E-state index contributed by atoms with van der Waals surface area (Å²) in [5.41, 5.74) is 9.98. The summed E-state index contributed by atoms with van der Waals surface area (Å²) in [6, 6.07) is 17.6. The van der Waals surface area contributed by atoms with E-state index in [0.29, 0.717) is 41.2 Å². The highest BCUT2D eigenvalue weighted by atomic mass is 35.5. The second kappa shape index (κ2) is 12.1. The molecular weight excluding hydrogens is 561 g/mol. The summed E-state index contributed by atoms with van der Waals surface area (Å²) in [6.45, 7) is 1.91. The minimum absolute atomic E-state index is 0.0107. The molecule has 5 rings (SSSR count). The van der Waals surface area contributed by atoms with Crippen LogP contribution in [0.2, 0.25) is 5.02 Å². The van der Waals surface area contributed by atoms with Crippen LogP contribution >= 0.6 is 23.2 Å². The van der Waals surface area contributed by atoms with Crippen molar-refractivity contribution in [2.24, 2.45) is 17.5 Å². The minimum Gasteiger partial charge on any atom is -0.388 e. The summed E-state index contributed by atoms with van der Waals surface area (Å²) < 4.78 is 1.58. The van der Waals surface area contributed by atoms with Gasteiger partial charge >= 0.3 is 0 Å². The van der Waals surface area contributed by atoms with E-state index >= 15 is 0 Å². The smallest absolute Gasteiger partial charge is 0.254 e. The van der Waals surface area contributed by atoms with Gasteiger partial charge in [0.25, 0.3) is 5.56 Å². The molecule has 1 aliphatic heterocycles. The number of pyridine rings is 1. The molecular formula is C30H29Cl2N7O2. The Morgan fingerprint density at radius 3 is 2.66 bits per heavy atom. The van der Waals surface area contributed by atoms with Gasteiger partial charge in [0, 0.05) is 40.0 Å². The second-order valence-electron chi connectivity index (χ2n) is 9.95. The van der Waals surface area contributed by atoms with Crippen molar-refractivity contribution in [1.29, 1.82) is 0 Å². The third-order valence-electron chi connectivity index (χ3n) is 7.13. The molecule has 3 heterocycles. The zero-order chi connectivity index (χ0) is 29.1. The van der Waals surface area contributed by atoms with Gasteiger partial charge in [0.1, 0.15) is 5.16 Å². The van der Waals surface area contributed by atoms with Crippen LogP contribution in [0.25, 0.3) is 22.4 Å². The van der Waals surface area contributed by atoms with Crippen LogP contribution in [0.15, 0.2) is 89.3 Å². The number of halogens is 2.